The van der Waals surface area contributed by atoms with E-state index < -0.39 is 6.23 Å². The molecule has 1 atom stereocenters. The number of carbonyl (C=O) groups excluding carboxylic acids is 1. The zero-order chi connectivity index (χ0) is 14.8. The third-order valence-corrected chi connectivity index (χ3v) is 3.38. The van der Waals surface area contributed by atoms with Gasteiger partial charge in [0.15, 0.2) is 0 Å². The molecule has 1 aliphatic heterocycles. The Labute approximate surface area is 122 Å². The summed E-state index contributed by atoms with van der Waals surface area (Å²) in [5.74, 6) is 0.992. The summed E-state index contributed by atoms with van der Waals surface area (Å²) in [5.41, 5.74) is 2.13. The van der Waals surface area contributed by atoms with Crippen LogP contribution >= 0.6 is 0 Å². The predicted molar refractivity (Wildman–Crippen MR) is 77.8 cm³/mol. The molecule has 0 fully saturated rings. The fourth-order valence-electron chi connectivity index (χ4n) is 2.31. The van der Waals surface area contributed by atoms with Crippen molar-refractivity contribution in [1.29, 1.82) is 0 Å². The highest BCUT2D eigenvalue weighted by atomic mass is 16.6. The number of rotatable bonds is 4. The van der Waals surface area contributed by atoms with E-state index in [4.69, 9.17) is 14.2 Å². The van der Waals surface area contributed by atoms with Crippen LogP contribution in [0.2, 0.25) is 0 Å². The molecule has 2 aromatic rings. The summed E-state index contributed by atoms with van der Waals surface area (Å²) in [5, 5.41) is 3.17. The van der Waals surface area contributed by atoms with E-state index >= 15 is 0 Å². The van der Waals surface area contributed by atoms with Crippen molar-refractivity contribution in [2.24, 2.45) is 0 Å². The fourth-order valence-corrected chi connectivity index (χ4v) is 2.31. The molecule has 5 heteroatoms. The third kappa shape index (κ3) is 2.38. The van der Waals surface area contributed by atoms with Crippen LogP contribution in [-0.4, -0.2) is 20.2 Å². The number of carbonyl (C=O) groups is 1. The monoisotopic (exact) mass is 285 g/mol. The Balaban J connectivity index is 1.90. The normalized spacial score (nSPS) is 16.1. The number of nitrogens with one attached hydrogen (secondary N) is 1. The molecule has 0 aliphatic carbocycles. The molecule has 0 saturated heterocycles. The van der Waals surface area contributed by atoms with Gasteiger partial charge in [-0.1, -0.05) is 18.2 Å². The maximum absolute atomic E-state index is 11.8. The first-order valence-electron chi connectivity index (χ1n) is 6.51. The number of hydrogen-bond acceptors (Lipinski definition) is 5. The molecule has 1 unspecified atom stereocenters. The smallest absolute Gasteiger partial charge is 0.340 e. The van der Waals surface area contributed by atoms with E-state index in [1.165, 1.54) is 0 Å². The average molecular weight is 285 g/mol. The van der Waals surface area contributed by atoms with Gasteiger partial charge in [0.1, 0.15) is 11.5 Å². The maximum Gasteiger partial charge on any atom is 0.340 e. The number of cyclic esters (lactones) is 1. The van der Waals surface area contributed by atoms with Gasteiger partial charge in [-0.25, -0.2) is 4.79 Å². The van der Waals surface area contributed by atoms with Crippen LogP contribution in [0.4, 0.5) is 5.69 Å². The van der Waals surface area contributed by atoms with E-state index in [0.717, 1.165) is 11.3 Å². The molecule has 0 spiro atoms. The molecule has 3 rings (SSSR count). The van der Waals surface area contributed by atoms with Crippen LogP contribution in [0.15, 0.2) is 42.5 Å². The highest BCUT2D eigenvalue weighted by Crippen LogP contribution is 2.36. The minimum atomic E-state index is -0.518. The molecule has 1 aliphatic rings. The molecule has 21 heavy (non-hydrogen) atoms. The van der Waals surface area contributed by atoms with Crippen LogP contribution < -0.4 is 14.8 Å². The Morgan fingerprint density at radius 2 is 1.90 bits per heavy atom. The summed E-state index contributed by atoms with van der Waals surface area (Å²) in [4.78, 5) is 11.8. The van der Waals surface area contributed by atoms with Gasteiger partial charge < -0.3 is 19.5 Å². The van der Waals surface area contributed by atoms with Crippen molar-refractivity contribution in [3.8, 4) is 11.5 Å². The fraction of sp³-hybridized carbons (Fsp3) is 0.188. The number of methoxy groups -OCH3 is 2. The SMILES string of the molecule is COc1ccc(NC2OC(=O)c3ccccc32)c(OC)c1. The van der Waals surface area contributed by atoms with E-state index in [1.54, 1.807) is 26.4 Å². The van der Waals surface area contributed by atoms with Crippen LogP contribution in [-0.2, 0) is 4.74 Å². The lowest BCUT2D eigenvalue weighted by molar-refractivity contribution is 0.0436. The van der Waals surface area contributed by atoms with E-state index in [2.05, 4.69) is 5.32 Å². The van der Waals surface area contributed by atoms with Gasteiger partial charge in [-0.15, -0.1) is 0 Å². The Morgan fingerprint density at radius 1 is 1.10 bits per heavy atom. The van der Waals surface area contributed by atoms with Crippen LogP contribution in [0, 0.1) is 0 Å². The molecule has 2 aromatic carbocycles. The highest BCUT2D eigenvalue weighted by molar-refractivity contribution is 5.94. The number of esters is 1. The largest absolute Gasteiger partial charge is 0.497 e. The Kier molecular flexibility index (Phi) is 3.39. The standard InChI is InChI=1S/C16H15NO4/c1-19-10-7-8-13(14(9-10)20-2)17-15-11-5-3-4-6-12(11)16(18)21-15/h3-9,15,17H,1-2H3. The zero-order valence-corrected chi connectivity index (χ0v) is 11.8. The maximum atomic E-state index is 11.8. The van der Waals surface area contributed by atoms with E-state index in [-0.39, 0.29) is 5.97 Å². The van der Waals surface area contributed by atoms with E-state index in [0.29, 0.717) is 17.1 Å². The van der Waals surface area contributed by atoms with Crippen molar-refractivity contribution in [2.75, 3.05) is 19.5 Å². The molecule has 1 N–H and O–H groups in total. The third-order valence-electron chi connectivity index (χ3n) is 3.38. The topological polar surface area (TPSA) is 56.8 Å². The second kappa shape index (κ2) is 5.36. The molecule has 1 heterocycles. The molecule has 0 saturated carbocycles. The van der Waals surface area contributed by atoms with Gasteiger partial charge in [-0.3, -0.25) is 0 Å². The van der Waals surface area contributed by atoms with Gasteiger partial charge in [0, 0.05) is 11.6 Å². The molecular formula is C16H15NO4. The lowest BCUT2D eigenvalue weighted by Crippen LogP contribution is -2.11. The number of anilines is 1. The average Bonchev–Trinajstić information content (AvgIpc) is 2.84. The molecule has 0 radical (unpaired) electrons. The molecule has 0 bridgehead atoms. The summed E-state index contributed by atoms with van der Waals surface area (Å²) in [6.07, 6.45) is -0.518. The number of hydrogen-bond donors (Lipinski definition) is 1. The van der Waals surface area contributed by atoms with Crippen molar-refractivity contribution in [2.45, 2.75) is 6.23 Å². The number of fused-ring (bicyclic) bond motifs is 1. The summed E-state index contributed by atoms with van der Waals surface area (Å²) in [6, 6.07) is 12.7. The summed E-state index contributed by atoms with van der Waals surface area (Å²) >= 11 is 0. The van der Waals surface area contributed by atoms with Crippen LogP contribution in [0.5, 0.6) is 11.5 Å². The summed E-state index contributed by atoms with van der Waals surface area (Å²) in [7, 11) is 3.17. The van der Waals surface area contributed by atoms with Gasteiger partial charge in [-0.05, 0) is 18.2 Å². The summed E-state index contributed by atoms with van der Waals surface area (Å²) < 4.78 is 15.8. The molecular weight excluding hydrogens is 270 g/mol. The first-order valence-corrected chi connectivity index (χ1v) is 6.51. The van der Waals surface area contributed by atoms with Crippen molar-refractivity contribution in [1.82, 2.24) is 0 Å². The van der Waals surface area contributed by atoms with Crippen LogP contribution in [0.3, 0.4) is 0 Å². The van der Waals surface area contributed by atoms with Gasteiger partial charge >= 0.3 is 5.97 Å². The van der Waals surface area contributed by atoms with Gasteiger partial charge in [0.2, 0.25) is 6.23 Å². The number of benzene rings is 2. The molecule has 5 nitrogen and oxygen atoms in total. The second-order valence-corrected chi connectivity index (χ2v) is 4.58. The molecule has 108 valence electrons. The minimum absolute atomic E-state index is 0.324. The molecule has 0 aromatic heterocycles. The van der Waals surface area contributed by atoms with Gasteiger partial charge in [-0.2, -0.15) is 0 Å². The lowest BCUT2D eigenvalue weighted by Gasteiger charge is -2.17. The van der Waals surface area contributed by atoms with Gasteiger partial charge in [0.05, 0.1) is 25.5 Å². The van der Waals surface area contributed by atoms with Crippen molar-refractivity contribution in [3.05, 3.63) is 53.6 Å². The second-order valence-electron chi connectivity index (χ2n) is 4.58. The van der Waals surface area contributed by atoms with E-state index in [9.17, 15) is 4.79 Å². The zero-order valence-electron chi connectivity index (χ0n) is 11.8. The lowest BCUT2D eigenvalue weighted by atomic mass is 10.1. The van der Waals surface area contributed by atoms with Crippen LogP contribution in [0.25, 0.3) is 0 Å². The van der Waals surface area contributed by atoms with Gasteiger partial charge in [0.25, 0.3) is 0 Å². The minimum Gasteiger partial charge on any atom is -0.497 e. The molecule has 0 amide bonds. The Morgan fingerprint density at radius 3 is 2.67 bits per heavy atom. The first-order chi connectivity index (χ1) is 10.2. The predicted octanol–water partition coefficient (Wildman–Crippen LogP) is 2.98. The quantitative estimate of drug-likeness (QED) is 0.875. The van der Waals surface area contributed by atoms with E-state index in [1.807, 2.05) is 30.3 Å². The highest BCUT2D eigenvalue weighted by Gasteiger charge is 2.30. The number of ether oxygens (including phenoxy) is 3. The first kappa shape index (κ1) is 13.3. The van der Waals surface area contributed by atoms with Crippen molar-refractivity contribution in [3.63, 3.8) is 0 Å². The van der Waals surface area contributed by atoms with Crippen LogP contribution in [0.1, 0.15) is 22.1 Å². The summed E-state index contributed by atoms with van der Waals surface area (Å²) in [6.45, 7) is 0. The van der Waals surface area contributed by atoms with Crippen molar-refractivity contribution >= 4 is 11.7 Å². The van der Waals surface area contributed by atoms with Crippen molar-refractivity contribution < 1.29 is 19.0 Å². The Bertz CT molecular complexity index is 684. The Hall–Kier alpha value is -2.69.